The maximum absolute atomic E-state index is 11.9. The first-order valence-corrected chi connectivity index (χ1v) is 5.67. The topological polar surface area (TPSA) is 34.9 Å². The van der Waals surface area contributed by atoms with E-state index in [1.165, 1.54) is 11.3 Å². The number of nitrogens with zero attached hydrogens (tertiary/aromatic N) is 2. The summed E-state index contributed by atoms with van der Waals surface area (Å²) in [5.41, 5.74) is 1.31. The Morgan fingerprint density at radius 1 is 1.57 bits per heavy atom. The van der Waals surface area contributed by atoms with Crippen molar-refractivity contribution >= 4 is 33.0 Å². The highest BCUT2D eigenvalue weighted by Gasteiger charge is 2.14. The largest absolute Gasteiger partial charge is 0.288 e. The van der Waals surface area contributed by atoms with Crippen molar-refractivity contribution in [2.75, 3.05) is 0 Å². The standard InChI is InChI=1S/C9H7BrN2OS/c1-12-3-6(2-11-12)9(13)7-4-14-5-8(7)10/h2-5H,1H3. The molecule has 3 nitrogen and oxygen atoms in total. The average Bonchev–Trinajstić information content (AvgIpc) is 2.73. The molecule has 0 saturated carbocycles. The third kappa shape index (κ3) is 1.65. The summed E-state index contributed by atoms with van der Waals surface area (Å²) in [7, 11) is 1.79. The Morgan fingerprint density at radius 2 is 2.36 bits per heavy atom. The lowest BCUT2D eigenvalue weighted by Crippen LogP contribution is -1.98. The molecule has 14 heavy (non-hydrogen) atoms. The predicted molar refractivity (Wildman–Crippen MR) is 58.7 cm³/mol. The molecule has 0 saturated heterocycles. The molecule has 2 rings (SSSR count). The molecule has 0 fully saturated rings. The van der Waals surface area contributed by atoms with Crippen molar-refractivity contribution in [3.8, 4) is 0 Å². The van der Waals surface area contributed by atoms with Crippen LogP contribution in [0.15, 0.2) is 27.6 Å². The van der Waals surface area contributed by atoms with Crippen LogP contribution < -0.4 is 0 Å². The Labute approximate surface area is 93.5 Å². The summed E-state index contributed by atoms with van der Waals surface area (Å²) < 4.78 is 2.46. The van der Waals surface area contributed by atoms with Gasteiger partial charge in [-0.2, -0.15) is 16.4 Å². The van der Waals surface area contributed by atoms with Crippen molar-refractivity contribution in [1.82, 2.24) is 9.78 Å². The van der Waals surface area contributed by atoms with Gasteiger partial charge in [0, 0.05) is 34.0 Å². The molecule has 0 unspecified atom stereocenters. The van der Waals surface area contributed by atoms with Crippen LogP contribution in [0.2, 0.25) is 0 Å². The van der Waals surface area contributed by atoms with Crippen molar-refractivity contribution in [1.29, 1.82) is 0 Å². The van der Waals surface area contributed by atoms with E-state index in [2.05, 4.69) is 21.0 Å². The first-order valence-electron chi connectivity index (χ1n) is 3.93. The number of carbonyl (C=O) groups excluding carboxylic acids is 1. The first-order chi connectivity index (χ1) is 6.68. The Morgan fingerprint density at radius 3 is 2.86 bits per heavy atom. The Kier molecular flexibility index (Phi) is 2.52. The van der Waals surface area contributed by atoms with Gasteiger partial charge in [-0.05, 0) is 15.9 Å². The van der Waals surface area contributed by atoms with Crippen LogP contribution in [0, 0.1) is 0 Å². The van der Waals surface area contributed by atoms with Gasteiger partial charge in [0.15, 0.2) is 5.78 Å². The zero-order valence-electron chi connectivity index (χ0n) is 7.40. The number of hydrogen-bond donors (Lipinski definition) is 0. The second kappa shape index (κ2) is 3.67. The highest BCUT2D eigenvalue weighted by Crippen LogP contribution is 2.23. The van der Waals surface area contributed by atoms with E-state index in [0.29, 0.717) is 11.1 Å². The lowest BCUT2D eigenvalue weighted by atomic mass is 10.1. The van der Waals surface area contributed by atoms with Crippen LogP contribution in [0.3, 0.4) is 0 Å². The SMILES string of the molecule is Cn1cc(C(=O)c2cscc2Br)cn1. The number of aryl methyl sites for hydroxylation is 1. The minimum atomic E-state index is 0.00576. The number of halogens is 1. The Hall–Kier alpha value is -0.940. The molecule has 0 N–H and O–H groups in total. The third-order valence-corrected chi connectivity index (χ3v) is 3.53. The van der Waals surface area contributed by atoms with E-state index in [-0.39, 0.29) is 5.78 Å². The number of rotatable bonds is 2. The molecule has 0 aliphatic heterocycles. The molecule has 0 aliphatic carbocycles. The number of carbonyl (C=O) groups is 1. The van der Waals surface area contributed by atoms with Crippen LogP contribution in [-0.4, -0.2) is 15.6 Å². The molecule has 2 aromatic rings. The maximum atomic E-state index is 11.9. The molecule has 0 atom stereocenters. The second-order valence-corrected chi connectivity index (χ2v) is 4.46. The Balaban J connectivity index is 2.38. The van der Waals surface area contributed by atoms with Crippen molar-refractivity contribution < 1.29 is 4.79 Å². The van der Waals surface area contributed by atoms with Gasteiger partial charge >= 0.3 is 0 Å². The van der Waals surface area contributed by atoms with Crippen molar-refractivity contribution in [3.63, 3.8) is 0 Å². The van der Waals surface area contributed by atoms with Gasteiger partial charge in [-0.3, -0.25) is 9.48 Å². The van der Waals surface area contributed by atoms with Gasteiger partial charge in [-0.1, -0.05) is 0 Å². The third-order valence-electron chi connectivity index (χ3n) is 1.83. The minimum Gasteiger partial charge on any atom is -0.288 e. The normalized spacial score (nSPS) is 10.4. The van der Waals surface area contributed by atoms with E-state index < -0.39 is 0 Å². The lowest BCUT2D eigenvalue weighted by molar-refractivity contribution is 0.103. The van der Waals surface area contributed by atoms with Crippen LogP contribution in [0.25, 0.3) is 0 Å². The highest BCUT2D eigenvalue weighted by molar-refractivity contribution is 9.10. The lowest BCUT2D eigenvalue weighted by Gasteiger charge is -1.93. The molecule has 0 aliphatic rings. The zero-order valence-corrected chi connectivity index (χ0v) is 9.80. The molecule has 0 aromatic carbocycles. The molecule has 2 heterocycles. The number of ketones is 1. The minimum absolute atomic E-state index is 0.00576. The van der Waals surface area contributed by atoms with E-state index in [1.54, 1.807) is 24.1 Å². The van der Waals surface area contributed by atoms with Gasteiger partial charge in [0.2, 0.25) is 0 Å². The maximum Gasteiger partial charge on any atom is 0.198 e. The van der Waals surface area contributed by atoms with Crippen molar-refractivity contribution in [2.45, 2.75) is 0 Å². The molecule has 5 heteroatoms. The summed E-state index contributed by atoms with van der Waals surface area (Å²) in [6, 6.07) is 0. The van der Waals surface area contributed by atoms with Gasteiger partial charge in [-0.15, -0.1) is 0 Å². The van der Waals surface area contributed by atoms with E-state index in [1.807, 2.05) is 10.8 Å². The highest BCUT2D eigenvalue weighted by atomic mass is 79.9. The van der Waals surface area contributed by atoms with E-state index in [4.69, 9.17) is 0 Å². The fourth-order valence-electron chi connectivity index (χ4n) is 1.14. The summed E-state index contributed by atoms with van der Waals surface area (Å²) in [6.07, 6.45) is 3.29. The zero-order chi connectivity index (χ0) is 10.1. The second-order valence-electron chi connectivity index (χ2n) is 2.87. The van der Waals surface area contributed by atoms with Crippen LogP contribution >= 0.6 is 27.3 Å². The van der Waals surface area contributed by atoms with Gasteiger partial charge in [0.1, 0.15) is 0 Å². The summed E-state index contributed by atoms with van der Waals surface area (Å²) >= 11 is 4.83. The monoisotopic (exact) mass is 270 g/mol. The van der Waals surface area contributed by atoms with Crippen LogP contribution in [-0.2, 0) is 7.05 Å². The van der Waals surface area contributed by atoms with Crippen LogP contribution in [0.4, 0.5) is 0 Å². The van der Waals surface area contributed by atoms with E-state index >= 15 is 0 Å². The average molecular weight is 271 g/mol. The first kappa shape index (κ1) is 9.61. The predicted octanol–water partition coefficient (Wildman–Crippen LogP) is 2.48. The molecule has 0 amide bonds. The van der Waals surface area contributed by atoms with Crippen LogP contribution in [0.1, 0.15) is 15.9 Å². The van der Waals surface area contributed by atoms with E-state index in [9.17, 15) is 4.79 Å². The van der Waals surface area contributed by atoms with E-state index in [0.717, 1.165) is 4.47 Å². The smallest absolute Gasteiger partial charge is 0.198 e. The molecular weight excluding hydrogens is 264 g/mol. The van der Waals surface area contributed by atoms with Gasteiger partial charge in [0.25, 0.3) is 0 Å². The quantitative estimate of drug-likeness (QED) is 0.786. The molecule has 0 radical (unpaired) electrons. The van der Waals surface area contributed by atoms with Gasteiger partial charge < -0.3 is 0 Å². The van der Waals surface area contributed by atoms with Gasteiger partial charge in [0.05, 0.1) is 11.8 Å². The van der Waals surface area contributed by atoms with Gasteiger partial charge in [-0.25, -0.2) is 0 Å². The summed E-state index contributed by atoms with van der Waals surface area (Å²) in [6.45, 7) is 0. The summed E-state index contributed by atoms with van der Waals surface area (Å²) in [5, 5.41) is 7.69. The molecule has 72 valence electrons. The molecule has 2 aromatic heterocycles. The summed E-state index contributed by atoms with van der Waals surface area (Å²) in [5.74, 6) is 0.00576. The molecule has 0 spiro atoms. The fraction of sp³-hybridized carbons (Fsp3) is 0.111. The van der Waals surface area contributed by atoms with Crippen molar-refractivity contribution in [2.24, 2.45) is 7.05 Å². The van der Waals surface area contributed by atoms with Crippen LogP contribution in [0.5, 0.6) is 0 Å². The van der Waals surface area contributed by atoms with Crippen molar-refractivity contribution in [3.05, 3.63) is 38.8 Å². The number of aromatic nitrogens is 2. The number of thiophene rings is 1. The fourth-order valence-corrected chi connectivity index (χ4v) is 2.59. The molecule has 0 bridgehead atoms. The number of hydrogen-bond acceptors (Lipinski definition) is 3. The molecular formula is C9H7BrN2OS. The summed E-state index contributed by atoms with van der Waals surface area (Å²) in [4.78, 5) is 11.9. The Bertz CT molecular complexity index is 475.